The first kappa shape index (κ1) is 21.9. The summed E-state index contributed by atoms with van der Waals surface area (Å²) in [5, 5.41) is 15.3. The van der Waals surface area contributed by atoms with E-state index in [1.807, 2.05) is 30.3 Å². The molecule has 0 unspecified atom stereocenters. The number of aromatic nitrogens is 1. The lowest BCUT2D eigenvalue weighted by Gasteiger charge is -1.95. The molecule has 2 aromatic rings. The maximum atomic E-state index is 10.6. The highest BCUT2D eigenvalue weighted by atomic mass is 19.4. The van der Waals surface area contributed by atoms with Crippen LogP contribution in [0.15, 0.2) is 36.5 Å². The molecule has 0 spiro atoms. The van der Waals surface area contributed by atoms with Gasteiger partial charge in [0.2, 0.25) is 0 Å². The van der Waals surface area contributed by atoms with E-state index in [9.17, 15) is 26.3 Å². The number of hydrogen-bond donors (Lipinski definition) is 3. The van der Waals surface area contributed by atoms with Gasteiger partial charge in [-0.1, -0.05) is 18.2 Å². The lowest BCUT2D eigenvalue weighted by atomic mass is 10.2. The van der Waals surface area contributed by atoms with E-state index in [1.54, 1.807) is 6.20 Å². The molecule has 0 saturated heterocycles. The first-order valence-electron chi connectivity index (χ1n) is 5.95. The van der Waals surface area contributed by atoms with Crippen molar-refractivity contribution < 1.29 is 46.1 Å². The Kier molecular flexibility index (Phi) is 7.64. The number of aliphatic carboxylic acids is 2. The number of nitrogens with zero attached hydrogens (tertiary/aromatic N) is 1. The second kappa shape index (κ2) is 8.70. The van der Waals surface area contributed by atoms with E-state index in [-0.39, 0.29) is 0 Å². The molecule has 0 saturated carbocycles. The van der Waals surface area contributed by atoms with Gasteiger partial charge in [0.1, 0.15) is 0 Å². The van der Waals surface area contributed by atoms with Crippen molar-refractivity contribution in [3.63, 3.8) is 0 Å². The number of rotatable bonds is 0. The quantitative estimate of drug-likeness (QED) is 0.613. The number of benzene rings is 1. The number of carboxylic acid groups (broad SMARTS) is 2. The Morgan fingerprint density at radius 3 is 1.72 bits per heavy atom. The van der Waals surface area contributed by atoms with E-state index in [2.05, 4.69) is 4.98 Å². The monoisotopic (exact) mass is 372 g/mol. The van der Waals surface area contributed by atoms with Gasteiger partial charge in [0, 0.05) is 5.39 Å². The summed E-state index contributed by atoms with van der Waals surface area (Å²) < 4.78 is 63.5. The van der Waals surface area contributed by atoms with Gasteiger partial charge in [-0.3, -0.25) is 4.98 Å². The van der Waals surface area contributed by atoms with Crippen molar-refractivity contribution in [1.29, 1.82) is 0 Å². The van der Waals surface area contributed by atoms with Crippen LogP contribution >= 0.6 is 0 Å². The fourth-order valence-corrected chi connectivity index (χ4v) is 1.09. The second-order valence-electron chi connectivity index (χ2n) is 4.07. The highest BCUT2D eigenvalue weighted by Crippen LogP contribution is 2.14. The average molecular weight is 372 g/mol. The van der Waals surface area contributed by atoms with E-state index in [0.717, 1.165) is 10.9 Å². The molecule has 1 heterocycles. The Labute approximate surface area is 135 Å². The molecule has 1 aromatic carbocycles. The zero-order chi connectivity index (χ0) is 19.8. The number of pyridine rings is 1. The molecule has 0 bridgehead atoms. The van der Waals surface area contributed by atoms with E-state index in [1.165, 1.54) is 0 Å². The fraction of sp³-hybridized carbons (Fsp3) is 0.154. The van der Waals surface area contributed by atoms with Crippen LogP contribution in [-0.2, 0) is 9.59 Å². The third kappa shape index (κ3) is 8.98. The van der Waals surface area contributed by atoms with Gasteiger partial charge in [-0.05, 0) is 12.1 Å². The normalized spacial score (nSPS) is 10.8. The zero-order valence-corrected chi connectivity index (χ0v) is 12.0. The number of para-hydroxylation sites is 1. The fourth-order valence-electron chi connectivity index (χ4n) is 1.09. The maximum Gasteiger partial charge on any atom is 0.490 e. The van der Waals surface area contributed by atoms with Gasteiger partial charge in [0.15, 0.2) is 0 Å². The number of nitrogen functional groups attached to an aromatic ring is 1. The summed E-state index contributed by atoms with van der Waals surface area (Å²) in [7, 11) is 0. The van der Waals surface area contributed by atoms with Crippen molar-refractivity contribution in [3.8, 4) is 0 Å². The minimum Gasteiger partial charge on any atom is -0.475 e. The minimum atomic E-state index is -5.08. The zero-order valence-electron chi connectivity index (χ0n) is 12.0. The van der Waals surface area contributed by atoms with Crippen LogP contribution in [0.1, 0.15) is 0 Å². The number of anilines is 1. The van der Waals surface area contributed by atoms with E-state index in [4.69, 9.17) is 25.5 Å². The SMILES string of the molecule is Nc1cnc2ccccc2c1.O=C(O)C(F)(F)F.O=C(O)C(F)(F)F. The smallest absolute Gasteiger partial charge is 0.475 e. The number of nitrogens with two attached hydrogens (primary N) is 1. The lowest BCUT2D eigenvalue weighted by Crippen LogP contribution is -2.21. The van der Waals surface area contributed by atoms with Crippen molar-refractivity contribution in [2.75, 3.05) is 5.73 Å². The third-order valence-corrected chi connectivity index (χ3v) is 2.10. The highest BCUT2D eigenvalue weighted by molar-refractivity contribution is 5.80. The predicted octanol–water partition coefficient (Wildman–Crippen LogP) is 3.08. The van der Waals surface area contributed by atoms with E-state index >= 15 is 0 Å². The molecular weight excluding hydrogens is 362 g/mol. The van der Waals surface area contributed by atoms with Crippen molar-refractivity contribution >= 4 is 28.5 Å². The van der Waals surface area contributed by atoms with Gasteiger partial charge in [0.25, 0.3) is 0 Å². The largest absolute Gasteiger partial charge is 0.490 e. The minimum absolute atomic E-state index is 0.712. The van der Waals surface area contributed by atoms with E-state index < -0.39 is 24.3 Å². The Bertz CT molecular complexity index is 706. The Balaban J connectivity index is 0.000000366. The van der Waals surface area contributed by atoms with Gasteiger partial charge in [-0.25, -0.2) is 9.59 Å². The van der Waals surface area contributed by atoms with Crippen LogP contribution in [0.4, 0.5) is 32.0 Å². The molecule has 0 fully saturated rings. The highest BCUT2D eigenvalue weighted by Gasteiger charge is 2.38. The van der Waals surface area contributed by atoms with Crippen LogP contribution in [0, 0.1) is 0 Å². The van der Waals surface area contributed by atoms with Crippen LogP contribution in [0.5, 0.6) is 0 Å². The summed E-state index contributed by atoms with van der Waals surface area (Å²) in [5.74, 6) is -5.51. The Hall–Kier alpha value is -3.05. The van der Waals surface area contributed by atoms with E-state index in [0.29, 0.717) is 5.69 Å². The van der Waals surface area contributed by atoms with Gasteiger partial charge in [-0.15, -0.1) is 0 Å². The van der Waals surface area contributed by atoms with Crippen LogP contribution in [0.3, 0.4) is 0 Å². The van der Waals surface area contributed by atoms with Crippen LogP contribution < -0.4 is 5.73 Å². The first-order chi connectivity index (χ1) is 11.2. The molecule has 6 nitrogen and oxygen atoms in total. The summed E-state index contributed by atoms with van der Waals surface area (Å²) in [6.45, 7) is 0. The van der Waals surface area contributed by atoms with Crippen LogP contribution in [-0.4, -0.2) is 39.5 Å². The van der Waals surface area contributed by atoms with Crippen molar-refractivity contribution in [3.05, 3.63) is 36.5 Å². The molecular formula is C13H10F6N2O4. The standard InChI is InChI=1S/C9H8N2.2C2HF3O2/c10-8-5-7-3-1-2-4-9(7)11-6-8;2*3-2(4,5)1(6)7/h1-6H,10H2;2*(H,6,7). The summed E-state index contributed by atoms with van der Waals surface area (Å²) in [4.78, 5) is 21.9. The van der Waals surface area contributed by atoms with Gasteiger partial charge in [0.05, 0.1) is 17.4 Å². The molecule has 138 valence electrons. The number of hydrogen-bond acceptors (Lipinski definition) is 4. The molecule has 0 amide bonds. The second-order valence-corrected chi connectivity index (χ2v) is 4.07. The molecule has 0 radical (unpaired) electrons. The number of carboxylic acids is 2. The topological polar surface area (TPSA) is 114 Å². The molecule has 12 heteroatoms. The van der Waals surface area contributed by atoms with Crippen molar-refractivity contribution in [2.24, 2.45) is 0 Å². The Morgan fingerprint density at radius 1 is 0.920 bits per heavy atom. The average Bonchev–Trinajstić information content (AvgIpc) is 2.46. The molecule has 25 heavy (non-hydrogen) atoms. The maximum absolute atomic E-state index is 10.6. The molecule has 4 N–H and O–H groups in total. The Morgan fingerprint density at radius 2 is 1.32 bits per heavy atom. The third-order valence-electron chi connectivity index (χ3n) is 2.10. The number of alkyl halides is 6. The van der Waals surface area contributed by atoms with Gasteiger partial charge < -0.3 is 15.9 Å². The molecule has 0 aliphatic rings. The molecule has 0 aliphatic carbocycles. The van der Waals surface area contributed by atoms with Gasteiger partial charge in [-0.2, -0.15) is 26.3 Å². The van der Waals surface area contributed by atoms with Crippen LogP contribution in [0.2, 0.25) is 0 Å². The summed E-state index contributed by atoms with van der Waals surface area (Å²) in [6, 6.07) is 9.82. The number of halogens is 6. The summed E-state index contributed by atoms with van der Waals surface area (Å²) in [5.41, 5.74) is 7.26. The molecule has 2 rings (SSSR count). The lowest BCUT2D eigenvalue weighted by molar-refractivity contribution is -0.193. The summed E-state index contributed by atoms with van der Waals surface area (Å²) in [6.07, 6.45) is -8.50. The van der Waals surface area contributed by atoms with Gasteiger partial charge >= 0.3 is 24.3 Å². The first-order valence-corrected chi connectivity index (χ1v) is 5.95. The number of fused-ring (bicyclic) bond motifs is 1. The molecule has 0 aliphatic heterocycles. The molecule has 0 atom stereocenters. The van der Waals surface area contributed by atoms with Crippen LogP contribution in [0.25, 0.3) is 10.9 Å². The summed E-state index contributed by atoms with van der Waals surface area (Å²) >= 11 is 0. The van der Waals surface area contributed by atoms with Crippen molar-refractivity contribution in [2.45, 2.75) is 12.4 Å². The predicted molar refractivity (Wildman–Crippen MR) is 73.5 cm³/mol. The molecule has 1 aromatic heterocycles. The van der Waals surface area contributed by atoms with Crippen molar-refractivity contribution in [1.82, 2.24) is 4.98 Å². The number of carbonyl (C=O) groups is 2.